The van der Waals surface area contributed by atoms with Gasteiger partial charge in [0, 0.05) is 24.5 Å². The highest BCUT2D eigenvalue weighted by atomic mass is 19.1. The Morgan fingerprint density at radius 2 is 1.35 bits per heavy atom. The standard InChI is InChI=1S/C23H18F2N4O2/c24-13-1-5-15(6-2-13)28-12-17(11-26)29(16-7-3-14(25)4-8-16)21-10-19-18(9-20(21)28)22(30)27-23(19)31/h1-10,17H,11-12,26H2,(H,27,30,31). The second-order valence-electron chi connectivity index (χ2n) is 7.49. The highest BCUT2D eigenvalue weighted by Gasteiger charge is 2.36. The van der Waals surface area contributed by atoms with Crippen LogP contribution in [0.3, 0.4) is 0 Å². The predicted octanol–water partition coefficient (Wildman–Crippen LogP) is 3.47. The quantitative estimate of drug-likeness (QED) is 0.635. The Labute approximate surface area is 176 Å². The first kappa shape index (κ1) is 19.2. The number of imide groups is 1. The number of carbonyl (C=O) groups excluding carboxylic acids is 2. The van der Waals surface area contributed by atoms with E-state index in [9.17, 15) is 18.4 Å². The molecule has 0 saturated heterocycles. The van der Waals surface area contributed by atoms with E-state index in [4.69, 9.17) is 5.73 Å². The molecule has 5 rings (SSSR count). The molecule has 2 aliphatic rings. The van der Waals surface area contributed by atoms with Crippen molar-refractivity contribution in [3.8, 4) is 0 Å². The van der Waals surface area contributed by atoms with Gasteiger partial charge in [-0.1, -0.05) is 0 Å². The summed E-state index contributed by atoms with van der Waals surface area (Å²) in [5.41, 5.74) is 9.42. The monoisotopic (exact) mass is 420 g/mol. The molecule has 0 fully saturated rings. The van der Waals surface area contributed by atoms with Gasteiger partial charge in [0.1, 0.15) is 11.6 Å². The molecule has 156 valence electrons. The number of carbonyl (C=O) groups is 2. The predicted molar refractivity (Wildman–Crippen MR) is 113 cm³/mol. The fourth-order valence-corrected chi connectivity index (χ4v) is 4.18. The summed E-state index contributed by atoms with van der Waals surface area (Å²) in [5, 5.41) is 2.32. The highest BCUT2D eigenvalue weighted by Crippen LogP contribution is 2.45. The summed E-state index contributed by atoms with van der Waals surface area (Å²) in [6.07, 6.45) is 0. The summed E-state index contributed by atoms with van der Waals surface area (Å²) in [5.74, 6) is -1.65. The molecule has 0 radical (unpaired) electrons. The second kappa shape index (κ2) is 7.17. The zero-order chi connectivity index (χ0) is 21.7. The fraction of sp³-hybridized carbons (Fsp3) is 0.130. The lowest BCUT2D eigenvalue weighted by atomic mass is 9.99. The first-order chi connectivity index (χ1) is 15.0. The number of rotatable bonds is 3. The number of halogens is 2. The number of benzene rings is 3. The van der Waals surface area contributed by atoms with Crippen LogP contribution in [0.2, 0.25) is 0 Å². The number of anilines is 4. The average molecular weight is 420 g/mol. The molecule has 0 aromatic heterocycles. The van der Waals surface area contributed by atoms with Gasteiger partial charge in [0.15, 0.2) is 0 Å². The van der Waals surface area contributed by atoms with Gasteiger partial charge in [-0.05, 0) is 60.7 Å². The summed E-state index contributed by atoms with van der Waals surface area (Å²) in [4.78, 5) is 28.5. The molecule has 31 heavy (non-hydrogen) atoms. The third-order valence-corrected chi connectivity index (χ3v) is 5.66. The van der Waals surface area contributed by atoms with Crippen LogP contribution in [0.4, 0.5) is 31.5 Å². The van der Waals surface area contributed by atoms with Crippen molar-refractivity contribution in [3.63, 3.8) is 0 Å². The molecular weight excluding hydrogens is 402 g/mol. The Balaban J connectivity index is 1.74. The third-order valence-electron chi connectivity index (χ3n) is 5.66. The lowest BCUT2D eigenvalue weighted by molar-refractivity contribution is 0.0879. The molecule has 2 heterocycles. The minimum Gasteiger partial charge on any atom is -0.338 e. The summed E-state index contributed by atoms with van der Waals surface area (Å²) in [6, 6.07) is 15.1. The van der Waals surface area contributed by atoms with E-state index in [0.29, 0.717) is 23.6 Å². The van der Waals surface area contributed by atoms with Crippen LogP contribution in [0.25, 0.3) is 0 Å². The number of nitrogens with one attached hydrogen (secondary N) is 1. The van der Waals surface area contributed by atoms with Crippen molar-refractivity contribution < 1.29 is 18.4 Å². The minimum atomic E-state index is -0.468. The molecule has 3 N–H and O–H groups in total. The first-order valence-corrected chi connectivity index (χ1v) is 9.78. The minimum absolute atomic E-state index is 0.221. The fourth-order valence-electron chi connectivity index (χ4n) is 4.18. The van der Waals surface area contributed by atoms with Gasteiger partial charge in [0.2, 0.25) is 0 Å². The van der Waals surface area contributed by atoms with Crippen molar-refractivity contribution in [1.82, 2.24) is 5.32 Å². The van der Waals surface area contributed by atoms with E-state index >= 15 is 0 Å². The number of fused-ring (bicyclic) bond motifs is 2. The molecule has 3 aromatic rings. The maximum Gasteiger partial charge on any atom is 0.259 e. The smallest absolute Gasteiger partial charge is 0.259 e. The SMILES string of the molecule is NCC1CN(c2ccc(F)cc2)c2cc3c(cc2N1c1ccc(F)cc1)C(=O)NC3=O. The molecule has 6 nitrogen and oxygen atoms in total. The van der Waals surface area contributed by atoms with Gasteiger partial charge in [0.25, 0.3) is 11.8 Å². The van der Waals surface area contributed by atoms with Gasteiger partial charge < -0.3 is 15.5 Å². The average Bonchev–Trinajstić information content (AvgIpc) is 3.05. The van der Waals surface area contributed by atoms with E-state index in [0.717, 1.165) is 5.69 Å². The van der Waals surface area contributed by atoms with Crippen LogP contribution in [0, 0.1) is 11.6 Å². The van der Waals surface area contributed by atoms with Crippen molar-refractivity contribution in [2.75, 3.05) is 22.9 Å². The Hall–Kier alpha value is -3.78. The molecule has 2 aliphatic heterocycles. The molecular formula is C23H18F2N4O2. The summed E-state index contributed by atoms with van der Waals surface area (Å²) >= 11 is 0. The number of hydrogen-bond acceptors (Lipinski definition) is 5. The zero-order valence-electron chi connectivity index (χ0n) is 16.3. The molecule has 0 saturated carbocycles. The Kier molecular flexibility index (Phi) is 4.44. The van der Waals surface area contributed by atoms with E-state index < -0.39 is 11.8 Å². The summed E-state index contributed by atoms with van der Waals surface area (Å²) in [6.45, 7) is 0.720. The van der Waals surface area contributed by atoms with Crippen LogP contribution in [0.15, 0.2) is 60.7 Å². The van der Waals surface area contributed by atoms with Crippen LogP contribution >= 0.6 is 0 Å². The van der Waals surface area contributed by atoms with E-state index in [1.807, 2.05) is 9.80 Å². The van der Waals surface area contributed by atoms with Gasteiger partial charge in [-0.3, -0.25) is 14.9 Å². The van der Waals surface area contributed by atoms with Gasteiger partial charge in [-0.2, -0.15) is 0 Å². The van der Waals surface area contributed by atoms with Crippen LogP contribution in [-0.4, -0.2) is 30.9 Å². The Morgan fingerprint density at radius 3 is 1.90 bits per heavy atom. The summed E-state index contributed by atoms with van der Waals surface area (Å²) < 4.78 is 27.1. The molecule has 0 aliphatic carbocycles. The van der Waals surface area contributed by atoms with Gasteiger partial charge in [-0.15, -0.1) is 0 Å². The topological polar surface area (TPSA) is 78.7 Å². The van der Waals surface area contributed by atoms with Crippen LogP contribution < -0.4 is 20.9 Å². The third kappa shape index (κ3) is 3.12. The Morgan fingerprint density at radius 1 is 0.839 bits per heavy atom. The van der Waals surface area contributed by atoms with E-state index in [1.165, 1.54) is 24.3 Å². The lowest BCUT2D eigenvalue weighted by Crippen LogP contribution is -2.49. The van der Waals surface area contributed by atoms with E-state index in [2.05, 4.69) is 5.32 Å². The van der Waals surface area contributed by atoms with Crippen LogP contribution in [0.1, 0.15) is 20.7 Å². The van der Waals surface area contributed by atoms with Crippen LogP contribution in [0.5, 0.6) is 0 Å². The maximum absolute atomic E-state index is 13.5. The summed E-state index contributed by atoms with van der Waals surface area (Å²) in [7, 11) is 0. The van der Waals surface area contributed by atoms with Crippen molar-refractivity contribution in [1.29, 1.82) is 0 Å². The largest absolute Gasteiger partial charge is 0.338 e. The lowest BCUT2D eigenvalue weighted by Gasteiger charge is -2.44. The maximum atomic E-state index is 13.5. The van der Waals surface area contributed by atoms with Gasteiger partial charge in [0.05, 0.1) is 28.5 Å². The van der Waals surface area contributed by atoms with Crippen LogP contribution in [-0.2, 0) is 0 Å². The molecule has 0 spiro atoms. The van der Waals surface area contributed by atoms with E-state index in [1.54, 1.807) is 36.4 Å². The van der Waals surface area contributed by atoms with Gasteiger partial charge >= 0.3 is 0 Å². The second-order valence-corrected chi connectivity index (χ2v) is 7.49. The molecule has 8 heteroatoms. The van der Waals surface area contributed by atoms with Gasteiger partial charge in [-0.25, -0.2) is 8.78 Å². The highest BCUT2D eigenvalue weighted by molar-refractivity contribution is 6.22. The molecule has 2 amide bonds. The van der Waals surface area contributed by atoms with Crippen molar-refractivity contribution >= 4 is 34.6 Å². The zero-order valence-corrected chi connectivity index (χ0v) is 16.3. The van der Waals surface area contributed by atoms with E-state index in [-0.39, 0.29) is 35.3 Å². The van der Waals surface area contributed by atoms with Crippen molar-refractivity contribution in [2.45, 2.75) is 6.04 Å². The van der Waals surface area contributed by atoms with Crippen molar-refractivity contribution in [2.24, 2.45) is 5.73 Å². The molecule has 1 unspecified atom stereocenters. The molecule has 3 aromatic carbocycles. The molecule has 1 atom stereocenters. The number of hydrogen-bond donors (Lipinski definition) is 2. The first-order valence-electron chi connectivity index (χ1n) is 9.78. The number of nitrogens with zero attached hydrogens (tertiary/aromatic N) is 2. The molecule has 0 bridgehead atoms. The Bertz CT molecular complexity index is 1200. The normalized spacial score (nSPS) is 17.5. The number of nitrogens with two attached hydrogens (primary N) is 1. The van der Waals surface area contributed by atoms with Crippen molar-refractivity contribution in [3.05, 3.63) is 83.4 Å². The number of amides is 2.